The van der Waals surface area contributed by atoms with Gasteiger partial charge in [0.05, 0.1) is 6.10 Å². The Morgan fingerprint density at radius 2 is 2.17 bits per heavy atom. The molecule has 1 aromatic carbocycles. The summed E-state index contributed by atoms with van der Waals surface area (Å²) in [6.45, 7) is 4.79. The lowest BCUT2D eigenvalue weighted by molar-refractivity contribution is 0.0222. The van der Waals surface area contributed by atoms with Gasteiger partial charge in [-0.05, 0) is 42.5 Å². The van der Waals surface area contributed by atoms with E-state index in [2.05, 4.69) is 11.8 Å². The summed E-state index contributed by atoms with van der Waals surface area (Å²) in [5.74, 6) is 0.372. The lowest BCUT2D eigenvalue weighted by Crippen LogP contribution is -2.42. The third-order valence-corrected chi connectivity index (χ3v) is 4.31. The average molecular weight is 288 g/mol. The largest absolute Gasteiger partial charge is 0.393 e. The Morgan fingerprint density at radius 1 is 1.39 bits per heavy atom. The van der Waals surface area contributed by atoms with E-state index >= 15 is 0 Å². The maximum atomic E-state index is 9.88. The fraction of sp³-hybridized carbons (Fsp3) is 0.571. The van der Waals surface area contributed by atoms with Crippen LogP contribution in [0, 0.1) is 5.92 Å². The molecule has 0 spiro atoms. The van der Waals surface area contributed by atoms with E-state index in [9.17, 15) is 5.11 Å². The van der Waals surface area contributed by atoms with Crippen LogP contribution in [0.1, 0.15) is 25.3 Å². The van der Waals surface area contributed by atoms with Crippen LogP contribution < -0.4 is 0 Å². The molecule has 4 heteroatoms. The number of nitrogens with zero attached hydrogens (tertiary/aromatic N) is 1. The van der Waals surface area contributed by atoms with Gasteiger partial charge >= 0.3 is 0 Å². The first kappa shape index (κ1) is 14.1. The van der Waals surface area contributed by atoms with Crippen molar-refractivity contribution in [3.8, 4) is 0 Å². The molecule has 2 nitrogen and oxygen atoms in total. The predicted octanol–water partition coefficient (Wildman–Crippen LogP) is 3.59. The van der Waals surface area contributed by atoms with Crippen molar-refractivity contribution in [3.05, 3.63) is 33.8 Å². The third kappa shape index (κ3) is 3.39. The first-order valence-electron chi connectivity index (χ1n) is 6.44. The summed E-state index contributed by atoms with van der Waals surface area (Å²) in [6.07, 6.45) is 1.71. The van der Waals surface area contributed by atoms with E-state index in [-0.39, 0.29) is 6.10 Å². The van der Waals surface area contributed by atoms with Crippen molar-refractivity contribution in [1.82, 2.24) is 4.90 Å². The van der Waals surface area contributed by atoms with Crippen molar-refractivity contribution in [3.63, 3.8) is 0 Å². The van der Waals surface area contributed by atoms with Gasteiger partial charge in [0, 0.05) is 29.7 Å². The number of hydrogen-bond donors (Lipinski definition) is 1. The number of aliphatic hydroxyl groups excluding tert-OH is 1. The molecule has 1 aromatic rings. The SMILES string of the molecule is CCC1CN(Cc2cc(Cl)ccc2Cl)CCC1O. The highest BCUT2D eigenvalue weighted by molar-refractivity contribution is 6.33. The number of hydrogen-bond acceptors (Lipinski definition) is 2. The average Bonchev–Trinajstić information content (AvgIpc) is 2.36. The molecule has 1 N–H and O–H groups in total. The van der Waals surface area contributed by atoms with Gasteiger partial charge in [-0.15, -0.1) is 0 Å². The molecule has 2 atom stereocenters. The second-order valence-electron chi connectivity index (χ2n) is 5.00. The number of aliphatic hydroxyl groups is 1. The van der Waals surface area contributed by atoms with Crippen LogP contribution in [0.5, 0.6) is 0 Å². The molecule has 0 aliphatic carbocycles. The van der Waals surface area contributed by atoms with Crippen LogP contribution in [0.15, 0.2) is 18.2 Å². The second kappa shape index (κ2) is 6.25. The summed E-state index contributed by atoms with van der Waals surface area (Å²) >= 11 is 12.2. The van der Waals surface area contributed by atoms with E-state index in [1.165, 1.54) is 0 Å². The molecule has 0 amide bonds. The van der Waals surface area contributed by atoms with Gasteiger partial charge in [-0.1, -0.05) is 30.1 Å². The van der Waals surface area contributed by atoms with E-state index in [0.29, 0.717) is 5.92 Å². The number of piperidine rings is 1. The highest BCUT2D eigenvalue weighted by Gasteiger charge is 2.26. The fourth-order valence-electron chi connectivity index (χ4n) is 2.55. The quantitative estimate of drug-likeness (QED) is 0.919. The fourth-order valence-corrected chi connectivity index (χ4v) is 2.92. The summed E-state index contributed by atoms with van der Waals surface area (Å²) in [4.78, 5) is 2.35. The monoisotopic (exact) mass is 287 g/mol. The van der Waals surface area contributed by atoms with Crippen LogP contribution >= 0.6 is 23.2 Å². The Labute approximate surface area is 119 Å². The molecule has 1 aliphatic heterocycles. The van der Waals surface area contributed by atoms with E-state index in [1.807, 2.05) is 18.2 Å². The zero-order valence-corrected chi connectivity index (χ0v) is 12.1. The maximum absolute atomic E-state index is 9.88. The Kier molecular flexibility index (Phi) is 4.91. The normalized spacial score (nSPS) is 25.3. The van der Waals surface area contributed by atoms with Gasteiger partial charge in [-0.2, -0.15) is 0 Å². The van der Waals surface area contributed by atoms with Crippen LogP contribution in [-0.4, -0.2) is 29.2 Å². The van der Waals surface area contributed by atoms with Crippen molar-refractivity contribution >= 4 is 23.2 Å². The van der Waals surface area contributed by atoms with Crippen LogP contribution in [0.3, 0.4) is 0 Å². The van der Waals surface area contributed by atoms with Gasteiger partial charge < -0.3 is 5.11 Å². The molecule has 2 unspecified atom stereocenters. The van der Waals surface area contributed by atoms with Crippen molar-refractivity contribution in [1.29, 1.82) is 0 Å². The molecular weight excluding hydrogens is 269 g/mol. The number of benzene rings is 1. The molecule has 1 saturated heterocycles. The van der Waals surface area contributed by atoms with Gasteiger partial charge in [-0.3, -0.25) is 4.90 Å². The van der Waals surface area contributed by atoms with Gasteiger partial charge in [-0.25, -0.2) is 0 Å². The first-order chi connectivity index (χ1) is 8.60. The Balaban J connectivity index is 2.03. The number of rotatable bonds is 3. The molecule has 100 valence electrons. The first-order valence-corrected chi connectivity index (χ1v) is 7.20. The summed E-state index contributed by atoms with van der Waals surface area (Å²) in [5.41, 5.74) is 1.07. The van der Waals surface area contributed by atoms with E-state index < -0.39 is 0 Å². The third-order valence-electron chi connectivity index (χ3n) is 3.70. The van der Waals surface area contributed by atoms with Gasteiger partial charge in [0.1, 0.15) is 0 Å². The molecule has 1 aliphatic rings. The van der Waals surface area contributed by atoms with Gasteiger partial charge in [0.2, 0.25) is 0 Å². The second-order valence-corrected chi connectivity index (χ2v) is 5.84. The molecule has 2 rings (SSSR count). The number of halogens is 2. The van der Waals surface area contributed by atoms with Crippen LogP contribution in [-0.2, 0) is 6.54 Å². The van der Waals surface area contributed by atoms with Crippen LogP contribution in [0.2, 0.25) is 10.0 Å². The van der Waals surface area contributed by atoms with Crippen LogP contribution in [0.4, 0.5) is 0 Å². The molecule has 1 fully saturated rings. The standard InChI is InChI=1S/C14H19Cl2NO/c1-2-10-8-17(6-5-14(10)18)9-11-7-12(15)3-4-13(11)16/h3-4,7,10,14,18H,2,5-6,8-9H2,1H3. The van der Waals surface area contributed by atoms with E-state index in [0.717, 1.165) is 48.1 Å². The lowest BCUT2D eigenvalue weighted by atomic mass is 9.92. The highest BCUT2D eigenvalue weighted by Crippen LogP contribution is 2.25. The highest BCUT2D eigenvalue weighted by atomic mass is 35.5. The van der Waals surface area contributed by atoms with E-state index in [1.54, 1.807) is 0 Å². The maximum Gasteiger partial charge on any atom is 0.0592 e. The molecule has 1 heterocycles. The predicted molar refractivity (Wildman–Crippen MR) is 76.1 cm³/mol. The van der Waals surface area contributed by atoms with E-state index in [4.69, 9.17) is 23.2 Å². The molecule has 0 radical (unpaired) electrons. The molecule has 0 bridgehead atoms. The number of likely N-dealkylation sites (tertiary alicyclic amines) is 1. The smallest absolute Gasteiger partial charge is 0.0592 e. The van der Waals surface area contributed by atoms with Crippen LogP contribution in [0.25, 0.3) is 0 Å². The molecule has 0 aromatic heterocycles. The minimum absolute atomic E-state index is 0.152. The van der Waals surface area contributed by atoms with Gasteiger partial charge in [0.15, 0.2) is 0 Å². The minimum atomic E-state index is -0.152. The topological polar surface area (TPSA) is 23.5 Å². The lowest BCUT2D eigenvalue weighted by Gasteiger charge is -2.35. The van der Waals surface area contributed by atoms with Crippen molar-refractivity contribution < 1.29 is 5.11 Å². The molecular formula is C14H19Cl2NO. The molecule has 0 saturated carbocycles. The van der Waals surface area contributed by atoms with Gasteiger partial charge in [0.25, 0.3) is 0 Å². The zero-order chi connectivity index (χ0) is 13.1. The molecule has 18 heavy (non-hydrogen) atoms. The Morgan fingerprint density at radius 3 is 2.89 bits per heavy atom. The zero-order valence-electron chi connectivity index (χ0n) is 10.6. The Bertz CT molecular complexity index is 411. The van der Waals surface area contributed by atoms with Crippen molar-refractivity contribution in [2.24, 2.45) is 5.92 Å². The Hall–Kier alpha value is -0.280. The summed E-state index contributed by atoms with van der Waals surface area (Å²) in [6, 6.07) is 5.58. The van der Waals surface area contributed by atoms with Crippen molar-refractivity contribution in [2.45, 2.75) is 32.4 Å². The van der Waals surface area contributed by atoms with Crippen molar-refractivity contribution in [2.75, 3.05) is 13.1 Å². The summed E-state index contributed by atoms with van der Waals surface area (Å²) in [7, 11) is 0. The minimum Gasteiger partial charge on any atom is -0.393 e. The summed E-state index contributed by atoms with van der Waals surface area (Å²) in [5, 5.41) is 11.4. The summed E-state index contributed by atoms with van der Waals surface area (Å²) < 4.78 is 0.